The van der Waals surface area contributed by atoms with E-state index in [9.17, 15) is 0 Å². The summed E-state index contributed by atoms with van der Waals surface area (Å²) in [5, 5.41) is 3.31. The Hall–Kier alpha value is -1.29. The van der Waals surface area contributed by atoms with Gasteiger partial charge in [0.1, 0.15) is 0 Å². The Kier molecular flexibility index (Phi) is 4.19. The molecule has 0 bridgehead atoms. The number of aromatic nitrogens is 1. The maximum Gasteiger partial charge on any atom is 0.151 e. The van der Waals surface area contributed by atoms with Crippen LogP contribution in [0.4, 0.5) is 11.5 Å². The topological polar surface area (TPSA) is 54.2 Å². The minimum absolute atomic E-state index is 0.713. The molecule has 0 saturated heterocycles. The van der Waals surface area contributed by atoms with Crippen molar-refractivity contribution in [2.45, 2.75) is 6.42 Å². The molecule has 1 aromatic heterocycles. The van der Waals surface area contributed by atoms with Gasteiger partial charge < -0.3 is 16.0 Å². The van der Waals surface area contributed by atoms with Crippen molar-refractivity contribution in [2.75, 3.05) is 37.4 Å². The molecule has 1 aromatic rings. The van der Waals surface area contributed by atoms with Gasteiger partial charge in [-0.2, -0.15) is 0 Å². The van der Waals surface area contributed by atoms with Crippen LogP contribution in [0.2, 0.25) is 0 Å². The Morgan fingerprint density at radius 3 is 2.93 bits per heavy atom. The third-order valence-corrected chi connectivity index (χ3v) is 1.91. The SMILES string of the molecule is CN(C)c1ncccc1NCCCN. The molecule has 78 valence electrons. The average molecular weight is 194 g/mol. The molecule has 0 unspecified atom stereocenters. The van der Waals surface area contributed by atoms with Gasteiger partial charge in [0, 0.05) is 26.8 Å². The third kappa shape index (κ3) is 2.88. The highest BCUT2D eigenvalue weighted by atomic mass is 15.2. The minimum Gasteiger partial charge on any atom is -0.382 e. The van der Waals surface area contributed by atoms with Gasteiger partial charge in [-0.3, -0.25) is 0 Å². The van der Waals surface area contributed by atoms with Crippen molar-refractivity contribution in [3.63, 3.8) is 0 Å². The molecule has 4 nitrogen and oxygen atoms in total. The van der Waals surface area contributed by atoms with Crippen molar-refractivity contribution in [3.05, 3.63) is 18.3 Å². The number of anilines is 2. The van der Waals surface area contributed by atoms with Gasteiger partial charge in [0.05, 0.1) is 5.69 Å². The quantitative estimate of drug-likeness (QED) is 0.684. The average Bonchev–Trinajstić information content (AvgIpc) is 2.19. The number of pyridine rings is 1. The third-order valence-electron chi connectivity index (χ3n) is 1.91. The summed E-state index contributed by atoms with van der Waals surface area (Å²) in [6.45, 7) is 1.60. The van der Waals surface area contributed by atoms with E-state index in [0.717, 1.165) is 24.5 Å². The zero-order chi connectivity index (χ0) is 10.4. The zero-order valence-corrected chi connectivity index (χ0v) is 8.83. The predicted molar refractivity (Wildman–Crippen MR) is 60.7 cm³/mol. The summed E-state index contributed by atoms with van der Waals surface area (Å²) < 4.78 is 0. The van der Waals surface area contributed by atoms with Gasteiger partial charge in [-0.05, 0) is 25.1 Å². The largest absolute Gasteiger partial charge is 0.382 e. The second kappa shape index (κ2) is 5.44. The lowest BCUT2D eigenvalue weighted by Crippen LogP contribution is -2.15. The van der Waals surface area contributed by atoms with E-state index in [1.807, 2.05) is 31.1 Å². The molecule has 3 N–H and O–H groups in total. The first-order valence-corrected chi connectivity index (χ1v) is 4.82. The Labute approximate surface area is 85.1 Å². The zero-order valence-electron chi connectivity index (χ0n) is 8.83. The van der Waals surface area contributed by atoms with E-state index in [-0.39, 0.29) is 0 Å². The van der Waals surface area contributed by atoms with E-state index in [4.69, 9.17) is 5.73 Å². The highest BCUT2D eigenvalue weighted by Crippen LogP contribution is 2.19. The summed E-state index contributed by atoms with van der Waals surface area (Å²) in [5.74, 6) is 0.963. The fraction of sp³-hybridized carbons (Fsp3) is 0.500. The molecule has 14 heavy (non-hydrogen) atoms. The molecule has 0 saturated carbocycles. The van der Waals surface area contributed by atoms with Crippen LogP contribution >= 0.6 is 0 Å². The molecule has 0 aliphatic heterocycles. The summed E-state index contributed by atoms with van der Waals surface area (Å²) in [6, 6.07) is 3.95. The van der Waals surface area contributed by atoms with Crippen molar-refractivity contribution in [3.8, 4) is 0 Å². The molecule has 0 aliphatic rings. The van der Waals surface area contributed by atoms with Gasteiger partial charge in [0.15, 0.2) is 5.82 Å². The van der Waals surface area contributed by atoms with Crippen LogP contribution in [0, 0.1) is 0 Å². The Balaban J connectivity index is 2.64. The molecule has 1 rings (SSSR count). The molecule has 4 heteroatoms. The molecule has 0 radical (unpaired) electrons. The van der Waals surface area contributed by atoms with E-state index >= 15 is 0 Å². The maximum atomic E-state index is 5.42. The lowest BCUT2D eigenvalue weighted by Gasteiger charge is -2.16. The molecule has 0 amide bonds. The standard InChI is InChI=1S/C10H18N4/c1-14(2)10-9(5-3-7-13-10)12-8-4-6-11/h3,5,7,12H,4,6,8,11H2,1-2H3. The second-order valence-corrected chi connectivity index (χ2v) is 3.34. The molecule has 0 fully saturated rings. The molecule has 0 spiro atoms. The fourth-order valence-electron chi connectivity index (χ4n) is 1.22. The maximum absolute atomic E-state index is 5.42. The lowest BCUT2D eigenvalue weighted by molar-refractivity contribution is 0.872. The van der Waals surface area contributed by atoms with Crippen LogP contribution in [0.5, 0.6) is 0 Å². The van der Waals surface area contributed by atoms with Crippen LogP contribution in [-0.4, -0.2) is 32.2 Å². The van der Waals surface area contributed by atoms with Crippen molar-refractivity contribution in [1.29, 1.82) is 0 Å². The molecule has 0 atom stereocenters. The molecule has 1 heterocycles. The fourth-order valence-corrected chi connectivity index (χ4v) is 1.22. The second-order valence-electron chi connectivity index (χ2n) is 3.34. The highest BCUT2D eigenvalue weighted by Gasteiger charge is 2.03. The minimum atomic E-state index is 0.713. The Morgan fingerprint density at radius 1 is 1.50 bits per heavy atom. The van der Waals surface area contributed by atoms with Gasteiger partial charge in [-0.1, -0.05) is 0 Å². The summed E-state index contributed by atoms with van der Waals surface area (Å²) in [6.07, 6.45) is 2.77. The number of hydrogen-bond donors (Lipinski definition) is 2. The van der Waals surface area contributed by atoms with Gasteiger partial charge in [-0.25, -0.2) is 4.98 Å². The van der Waals surface area contributed by atoms with Crippen LogP contribution in [0.15, 0.2) is 18.3 Å². The van der Waals surface area contributed by atoms with E-state index in [2.05, 4.69) is 10.3 Å². The van der Waals surface area contributed by atoms with Crippen molar-refractivity contribution < 1.29 is 0 Å². The number of nitrogens with zero attached hydrogens (tertiary/aromatic N) is 2. The van der Waals surface area contributed by atoms with E-state index in [1.165, 1.54) is 0 Å². The summed E-state index contributed by atoms with van der Waals surface area (Å²) in [4.78, 5) is 6.28. The normalized spacial score (nSPS) is 9.93. The van der Waals surface area contributed by atoms with Crippen molar-refractivity contribution in [2.24, 2.45) is 5.73 Å². The van der Waals surface area contributed by atoms with Crippen LogP contribution in [0.3, 0.4) is 0 Å². The van der Waals surface area contributed by atoms with Gasteiger partial charge in [-0.15, -0.1) is 0 Å². The number of rotatable bonds is 5. The van der Waals surface area contributed by atoms with Gasteiger partial charge in [0.2, 0.25) is 0 Å². The number of nitrogens with one attached hydrogen (secondary N) is 1. The van der Waals surface area contributed by atoms with Crippen molar-refractivity contribution >= 4 is 11.5 Å². The molecule has 0 aliphatic carbocycles. The van der Waals surface area contributed by atoms with E-state index in [1.54, 1.807) is 6.20 Å². The number of nitrogens with two attached hydrogens (primary N) is 1. The first kappa shape index (κ1) is 10.8. The van der Waals surface area contributed by atoms with Crippen LogP contribution in [0.1, 0.15) is 6.42 Å². The molecule has 0 aromatic carbocycles. The Morgan fingerprint density at radius 2 is 2.29 bits per heavy atom. The predicted octanol–water partition coefficient (Wildman–Crippen LogP) is 0.908. The molecular formula is C10H18N4. The van der Waals surface area contributed by atoms with Crippen molar-refractivity contribution in [1.82, 2.24) is 4.98 Å². The monoisotopic (exact) mass is 194 g/mol. The number of hydrogen-bond acceptors (Lipinski definition) is 4. The van der Waals surface area contributed by atoms with E-state index < -0.39 is 0 Å². The van der Waals surface area contributed by atoms with Crippen LogP contribution in [-0.2, 0) is 0 Å². The van der Waals surface area contributed by atoms with E-state index in [0.29, 0.717) is 6.54 Å². The molecular weight excluding hydrogens is 176 g/mol. The van der Waals surface area contributed by atoms with Gasteiger partial charge >= 0.3 is 0 Å². The summed E-state index contributed by atoms with van der Waals surface area (Å²) in [5.41, 5.74) is 6.49. The van der Waals surface area contributed by atoms with Crippen LogP contribution < -0.4 is 16.0 Å². The lowest BCUT2D eigenvalue weighted by atomic mass is 10.3. The Bertz CT molecular complexity index is 273. The van der Waals surface area contributed by atoms with Crippen LogP contribution in [0.25, 0.3) is 0 Å². The summed E-state index contributed by atoms with van der Waals surface area (Å²) >= 11 is 0. The first-order chi connectivity index (χ1) is 6.75. The highest BCUT2D eigenvalue weighted by molar-refractivity contribution is 5.64. The summed E-state index contributed by atoms with van der Waals surface area (Å²) in [7, 11) is 3.97. The van der Waals surface area contributed by atoms with Gasteiger partial charge in [0.25, 0.3) is 0 Å². The smallest absolute Gasteiger partial charge is 0.151 e. The first-order valence-electron chi connectivity index (χ1n) is 4.82.